The zero-order chi connectivity index (χ0) is 32.3. The fourth-order valence-corrected chi connectivity index (χ4v) is 7.43. The van der Waals surface area contributed by atoms with Crippen molar-refractivity contribution in [2.45, 2.75) is 0 Å². The summed E-state index contributed by atoms with van der Waals surface area (Å²) >= 11 is 0. The van der Waals surface area contributed by atoms with E-state index in [1.807, 2.05) is 24.3 Å². The number of para-hydroxylation sites is 4. The Balaban J connectivity index is 1.21. The molecule has 0 N–H and O–H groups in total. The number of fused-ring (bicyclic) bond motifs is 6. The molecule has 230 valence electrons. The number of hydrogen-bond acceptors (Lipinski definition) is 2. The monoisotopic (exact) mass is 627 g/mol. The lowest BCUT2D eigenvalue weighted by molar-refractivity contribution is 1.07. The largest absolute Gasteiger partial charge is 0.309 e. The molecule has 0 aliphatic carbocycles. The van der Waals surface area contributed by atoms with E-state index in [0.717, 1.165) is 50.9 Å². The van der Waals surface area contributed by atoms with Crippen molar-refractivity contribution in [2.75, 3.05) is 0 Å². The highest BCUT2D eigenvalue weighted by Gasteiger charge is 2.20. The Morgan fingerprint density at radius 1 is 0.286 bits per heavy atom. The van der Waals surface area contributed by atoms with Crippen LogP contribution in [0.1, 0.15) is 0 Å². The normalized spacial score (nSPS) is 11.7. The first-order chi connectivity index (χ1) is 24.3. The third-order valence-electron chi connectivity index (χ3n) is 9.57. The Hall–Kier alpha value is -6.72. The summed E-state index contributed by atoms with van der Waals surface area (Å²) in [4.78, 5) is 0. The van der Waals surface area contributed by atoms with Gasteiger partial charge in [0.2, 0.25) is 0 Å². The van der Waals surface area contributed by atoms with Crippen molar-refractivity contribution < 1.29 is 0 Å². The minimum absolute atomic E-state index is 0.794. The lowest BCUT2D eigenvalue weighted by atomic mass is 10.1. The predicted octanol–water partition coefficient (Wildman–Crippen LogP) is 10.8. The van der Waals surface area contributed by atoms with E-state index in [2.05, 4.69) is 165 Å². The maximum atomic E-state index is 4.81. The van der Waals surface area contributed by atoms with Gasteiger partial charge in [-0.2, -0.15) is 0 Å². The molecule has 5 heteroatoms. The van der Waals surface area contributed by atoms with Crippen LogP contribution in [-0.4, -0.2) is 23.9 Å². The van der Waals surface area contributed by atoms with E-state index in [4.69, 9.17) is 10.2 Å². The fraction of sp³-hybridized carbons (Fsp3) is 0. The minimum atomic E-state index is 0.794. The molecule has 0 saturated carbocycles. The molecule has 3 heterocycles. The van der Waals surface area contributed by atoms with Crippen molar-refractivity contribution in [1.82, 2.24) is 23.9 Å². The second-order valence-corrected chi connectivity index (χ2v) is 12.4. The number of aromatic nitrogens is 5. The first-order valence-corrected chi connectivity index (χ1v) is 16.5. The highest BCUT2D eigenvalue weighted by atomic mass is 15.3. The van der Waals surface area contributed by atoms with Crippen LogP contribution in [0.5, 0.6) is 0 Å². The Bertz CT molecular complexity index is 2770. The molecular weight excluding hydrogens is 599 g/mol. The van der Waals surface area contributed by atoms with Gasteiger partial charge < -0.3 is 9.13 Å². The number of rotatable bonds is 5. The van der Waals surface area contributed by atoms with Crippen LogP contribution in [0.25, 0.3) is 83.4 Å². The number of benzene rings is 7. The quantitative estimate of drug-likeness (QED) is 0.190. The van der Waals surface area contributed by atoms with Crippen molar-refractivity contribution >= 4 is 43.6 Å². The molecule has 0 unspecified atom stereocenters. The van der Waals surface area contributed by atoms with Crippen molar-refractivity contribution in [3.63, 3.8) is 0 Å². The number of hydrogen-bond donors (Lipinski definition) is 0. The van der Waals surface area contributed by atoms with Crippen molar-refractivity contribution in [3.8, 4) is 39.8 Å². The topological polar surface area (TPSA) is 40.6 Å². The average molecular weight is 628 g/mol. The van der Waals surface area contributed by atoms with Gasteiger partial charge in [0, 0.05) is 49.7 Å². The van der Waals surface area contributed by atoms with Gasteiger partial charge in [0.05, 0.1) is 22.1 Å². The average Bonchev–Trinajstić information content (AvgIpc) is 3.86. The van der Waals surface area contributed by atoms with E-state index in [9.17, 15) is 0 Å². The van der Waals surface area contributed by atoms with Gasteiger partial charge in [-0.15, -0.1) is 10.2 Å². The highest BCUT2D eigenvalue weighted by Crippen LogP contribution is 2.37. The van der Waals surface area contributed by atoms with Gasteiger partial charge in [-0.05, 0) is 54.6 Å². The fourth-order valence-electron chi connectivity index (χ4n) is 7.43. The molecule has 0 saturated heterocycles. The van der Waals surface area contributed by atoms with Crippen molar-refractivity contribution in [3.05, 3.63) is 176 Å². The van der Waals surface area contributed by atoms with Crippen LogP contribution in [0.15, 0.2) is 176 Å². The lowest BCUT2D eigenvalue weighted by Gasteiger charge is -2.13. The Morgan fingerprint density at radius 3 is 1.33 bits per heavy atom. The zero-order valence-electron chi connectivity index (χ0n) is 26.5. The summed E-state index contributed by atoms with van der Waals surface area (Å²) in [5, 5.41) is 14.4. The standard InChI is InChI=1S/C44H29N5/c1-3-14-30(15-4-1)43-45-46-44(49(43)32-16-5-2-6-17-32)31-26-27-38-37-22-9-12-25-41(37)48(42(38)28-31)34-19-13-18-33(29-34)47-39-23-10-7-20-35(39)36-21-8-11-24-40(36)47/h1-29H. The summed E-state index contributed by atoms with van der Waals surface area (Å²) in [5.74, 6) is 1.60. The van der Waals surface area contributed by atoms with Crippen LogP contribution in [0.3, 0.4) is 0 Å². The Labute approximate surface area is 282 Å². The van der Waals surface area contributed by atoms with E-state index >= 15 is 0 Å². The summed E-state index contributed by atoms with van der Waals surface area (Å²) in [5.41, 5.74) is 9.90. The molecule has 0 aliphatic heterocycles. The molecule has 0 amide bonds. The van der Waals surface area contributed by atoms with Gasteiger partial charge in [-0.1, -0.05) is 121 Å². The number of nitrogens with zero attached hydrogens (tertiary/aromatic N) is 5. The second-order valence-electron chi connectivity index (χ2n) is 12.4. The van der Waals surface area contributed by atoms with E-state index in [-0.39, 0.29) is 0 Å². The zero-order valence-corrected chi connectivity index (χ0v) is 26.5. The molecule has 0 bridgehead atoms. The van der Waals surface area contributed by atoms with Crippen molar-refractivity contribution in [2.24, 2.45) is 0 Å². The Kier molecular flexibility index (Phi) is 6.11. The molecule has 0 radical (unpaired) electrons. The molecule has 49 heavy (non-hydrogen) atoms. The predicted molar refractivity (Wildman–Crippen MR) is 201 cm³/mol. The second kappa shape index (κ2) is 10.9. The van der Waals surface area contributed by atoms with Gasteiger partial charge in [-0.25, -0.2) is 0 Å². The molecule has 7 aromatic carbocycles. The van der Waals surface area contributed by atoms with Crippen LogP contribution >= 0.6 is 0 Å². The first-order valence-electron chi connectivity index (χ1n) is 16.5. The summed E-state index contributed by atoms with van der Waals surface area (Å²) in [6, 6.07) is 62.1. The van der Waals surface area contributed by atoms with Crippen LogP contribution in [-0.2, 0) is 0 Å². The third kappa shape index (κ3) is 4.26. The first kappa shape index (κ1) is 27.4. The van der Waals surface area contributed by atoms with E-state index in [1.54, 1.807) is 0 Å². The summed E-state index contributed by atoms with van der Waals surface area (Å²) in [7, 11) is 0. The molecule has 10 aromatic rings. The van der Waals surface area contributed by atoms with Gasteiger partial charge in [-0.3, -0.25) is 4.57 Å². The van der Waals surface area contributed by atoms with Crippen LogP contribution in [0.4, 0.5) is 0 Å². The SMILES string of the molecule is c1ccc(-c2nnc(-c3ccc4c5ccccc5n(-c5cccc(-n6c7ccccc7c7ccccc76)c5)c4c3)n2-c2ccccc2)cc1. The highest BCUT2D eigenvalue weighted by molar-refractivity contribution is 6.11. The van der Waals surface area contributed by atoms with Gasteiger partial charge in [0.15, 0.2) is 11.6 Å². The molecule has 10 rings (SSSR count). The van der Waals surface area contributed by atoms with E-state index < -0.39 is 0 Å². The van der Waals surface area contributed by atoms with E-state index in [1.165, 1.54) is 32.6 Å². The van der Waals surface area contributed by atoms with Gasteiger partial charge in [0.1, 0.15) is 0 Å². The molecule has 0 aliphatic rings. The Morgan fingerprint density at radius 2 is 0.735 bits per heavy atom. The van der Waals surface area contributed by atoms with Crippen LogP contribution < -0.4 is 0 Å². The minimum Gasteiger partial charge on any atom is -0.309 e. The van der Waals surface area contributed by atoms with Crippen molar-refractivity contribution in [1.29, 1.82) is 0 Å². The molecule has 0 fully saturated rings. The van der Waals surface area contributed by atoms with Crippen LogP contribution in [0.2, 0.25) is 0 Å². The summed E-state index contributed by atoms with van der Waals surface area (Å²) in [6.07, 6.45) is 0. The smallest absolute Gasteiger partial charge is 0.168 e. The van der Waals surface area contributed by atoms with Gasteiger partial charge >= 0.3 is 0 Å². The molecular formula is C44H29N5. The van der Waals surface area contributed by atoms with Crippen LogP contribution in [0, 0.1) is 0 Å². The van der Waals surface area contributed by atoms with Gasteiger partial charge in [0.25, 0.3) is 0 Å². The molecule has 0 atom stereocenters. The third-order valence-corrected chi connectivity index (χ3v) is 9.57. The van der Waals surface area contributed by atoms with E-state index in [0.29, 0.717) is 0 Å². The molecule has 0 spiro atoms. The summed E-state index contributed by atoms with van der Waals surface area (Å²) < 4.78 is 6.92. The summed E-state index contributed by atoms with van der Waals surface area (Å²) in [6.45, 7) is 0. The lowest BCUT2D eigenvalue weighted by Crippen LogP contribution is -2.01. The molecule has 5 nitrogen and oxygen atoms in total. The maximum absolute atomic E-state index is 4.81. The maximum Gasteiger partial charge on any atom is 0.168 e. The molecule has 3 aromatic heterocycles.